The molecule has 0 bridgehead atoms. The van der Waals surface area contributed by atoms with Crippen LogP contribution in [0.1, 0.15) is 38.3 Å². The van der Waals surface area contributed by atoms with Crippen LogP contribution in [-0.2, 0) is 0 Å². The number of hydrogen-bond acceptors (Lipinski definition) is 3. The summed E-state index contributed by atoms with van der Waals surface area (Å²) in [6.45, 7) is 4.73. The Morgan fingerprint density at radius 2 is 2.06 bits per heavy atom. The van der Waals surface area contributed by atoms with E-state index in [9.17, 15) is 0 Å². The Labute approximate surface area is 96.5 Å². The molecule has 0 aromatic heterocycles. The molecule has 0 unspecified atom stereocenters. The Morgan fingerprint density at radius 3 is 2.81 bits per heavy atom. The molecule has 1 aliphatic heterocycles. The van der Waals surface area contributed by atoms with E-state index in [-0.39, 0.29) is 6.04 Å². The van der Waals surface area contributed by atoms with Gasteiger partial charge in [0.05, 0.1) is 0 Å². The van der Waals surface area contributed by atoms with Crippen molar-refractivity contribution < 1.29 is 9.47 Å². The lowest BCUT2D eigenvalue weighted by Gasteiger charge is -2.15. The topological polar surface area (TPSA) is 44.5 Å². The first kappa shape index (κ1) is 11.3. The van der Waals surface area contributed by atoms with E-state index in [1.807, 2.05) is 18.2 Å². The third kappa shape index (κ3) is 2.30. The summed E-state index contributed by atoms with van der Waals surface area (Å²) in [7, 11) is 0. The first-order chi connectivity index (χ1) is 7.68. The van der Waals surface area contributed by atoms with Crippen molar-refractivity contribution in [3.63, 3.8) is 0 Å². The molecule has 0 spiro atoms. The smallest absolute Gasteiger partial charge is 0.231 e. The number of ether oxygens (including phenoxy) is 2. The average molecular weight is 221 g/mol. The van der Waals surface area contributed by atoms with Crippen LogP contribution in [-0.4, -0.2) is 6.79 Å². The lowest BCUT2D eigenvalue weighted by molar-refractivity contribution is 0.173. The van der Waals surface area contributed by atoms with Crippen LogP contribution in [0.3, 0.4) is 0 Å². The summed E-state index contributed by atoms with van der Waals surface area (Å²) in [5, 5.41) is 0. The van der Waals surface area contributed by atoms with Crippen molar-refractivity contribution in [2.75, 3.05) is 6.79 Å². The molecule has 3 heteroatoms. The van der Waals surface area contributed by atoms with Crippen molar-refractivity contribution in [3.8, 4) is 11.5 Å². The molecule has 0 saturated heterocycles. The van der Waals surface area contributed by atoms with Gasteiger partial charge in [0.2, 0.25) is 6.79 Å². The van der Waals surface area contributed by atoms with Crippen LogP contribution in [0.15, 0.2) is 18.2 Å². The van der Waals surface area contributed by atoms with Crippen molar-refractivity contribution in [2.45, 2.75) is 32.7 Å². The van der Waals surface area contributed by atoms with Gasteiger partial charge in [0.1, 0.15) is 0 Å². The third-order valence-corrected chi connectivity index (χ3v) is 2.88. The summed E-state index contributed by atoms with van der Waals surface area (Å²) in [6, 6.07) is 5.96. The van der Waals surface area contributed by atoms with Crippen molar-refractivity contribution >= 4 is 0 Å². The maximum absolute atomic E-state index is 6.18. The number of para-hydroxylation sites is 1. The number of benzene rings is 1. The molecule has 0 aliphatic carbocycles. The first-order valence-corrected chi connectivity index (χ1v) is 5.82. The molecule has 88 valence electrons. The molecule has 0 fully saturated rings. The molecule has 3 nitrogen and oxygen atoms in total. The molecular weight excluding hydrogens is 202 g/mol. The Morgan fingerprint density at radius 1 is 1.25 bits per heavy atom. The molecule has 1 aromatic rings. The van der Waals surface area contributed by atoms with Crippen LogP contribution < -0.4 is 15.2 Å². The maximum atomic E-state index is 6.18. The largest absolute Gasteiger partial charge is 0.454 e. The zero-order chi connectivity index (χ0) is 11.5. The van der Waals surface area contributed by atoms with Crippen LogP contribution in [0.5, 0.6) is 11.5 Å². The lowest BCUT2D eigenvalue weighted by Crippen LogP contribution is -2.12. The van der Waals surface area contributed by atoms with Gasteiger partial charge in [-0.3, -0.25) is 0 Å². The number of hydrogen-bond donors (Lipinski definition) is 1. The fourth-order valence-electron chi connectivity index (χ4n) is 1.91. The van der Waals surface area contributed by atoms with Crippen molar-refractivity contribution in [1.29, 1.82) is 0 Å². The summed E-state index contributed by atoms with van der Waals surface area (Å²) in [4.78, 5) is 0. The molecule has 1 aliphatic rings. The highest BCUT2D eigenvalue weighted by Crippen LogP contribution is 2.38. The standard InChI is InChI=1S/C13H19NO2/c1-9(2)6-7-11(14)10-4-3-5-12-13(10)16-8-15-12/h3-5,9,11H,6-8,14H2,1-2H3/t11-/m0/s1. The van der Waals surface area contributed by atoms with Gasteiger partial charge in [0.25, 0.3) is 0 Å². The molecule has 16 heavy (non-hydrogen) atoms. The van der Waals surface area contributed by atoms with E-state index in [0.29, 0.717) is 12.7 Å². The Kier molecular flexibility index (Phi) is 3.34. The summed E-state index contributed by atoms with van der Waals surface area (Å²) >= 11 is 0. The molecule has 0 radical (unpaired) electrons. The van der Waals surface area contributed by atoms with Gasteiger partial charge in [-0.15, -0.1) is 0 Å². The average Bonchev–Trinajstić information content (AvgIpc) is 2.73. The van der Waals surface area contributed by atoms with Crippen LogP contribution in [0.2, 0.25) is 0 Å². The second kappa shape index (κ2) is 4.74. The summed E-state index contributed by atoms with van der Waals surface area (Å²) in [6.07, 6.45) is 2.11. The maximum Gasteiger partial charge on any atom is 0.231 e. The molecular formula is C13H19NO2. The second-order valence-electron chi connectivity index (χ2n) is 4.66. The van der Waals surface area contributed by atoms with Crippen molar-refractivity contribution in [3.05, 3.63) is 23.8 Å². The summed E-state index contributed by atoms with van der Waals surface area (Å²) < 4.78 is 10.8. The number of fused-ring (bicyclic) bond motifs is 1. The lowest BCUT2D eigenvalue weighted by atomic mass is 9.97. The molecule has 1 heterocycles. The highest BCUT2D eigenvalue weighted by Gasteiger charge is 2.20. The third-order valence-electron chi connectivity index (χ3n) is 2.88. The van der Waals surface area contributed by atoms with Crippen LogP contribution in [0.25, 0.3) is 0 Å². The molecule has 1 aromatic carbocycles. The van der Waals surface area contributed by atoms with Gasteiger partial charge >= 0.3 is 0 Å². The second-order valence-corrected chi connectivity index (χ2v) is 4.66. The fraction of sp³-hybridized carbons (Fsp3) is 0.538. The molecule has 1 atom stereocenters. The van der Waals surface area contributed by atoms with E-state index in [1.165, 1.54) is 0 Å². The highest BCUT2D eigenvalue weighted by molar-refractivity contribution is 5.49. The van der Waals surface area contributed by atoms with E-state index in [1.54, 1.807) is 0 Å². The van der Waals surface area contributed by atoms with E-state index >= 15 is 0 Å². The molecule has 2 rings (SSSR count). The van der Waals surface area contributed by atoms with Crippen molar-refractivity contribution in [2.24, 2.45) is 11.7 Å². The van der Waals surface area contributed by atoms with Crippen LogP contribution >= 0.6 is 0 Å². The van der Waals surface area contributed by atoms with Gasteiger partial charge < -0.3 is 15.2 Å². The highest BCUT2D eigenvalue weighted by atomic mass is 16.7. The zero-order valence-electron chi connectivity index (χ0n) is 9.90. The van der Waals surface area contributed by atoms with Gasteiger partial charge in [-0.1, -0.05) is 26.0 Å². The van der Waals surface area contributed by atoms with Gasteiger partial charge in [-0.25, -0.2) is 0 Å². The zero-order valence-corrected chi connectivity index (χ0v) is 9.90. The molecule has 0 amide bonds. The fourth-order valence-corrected chi connectivity index (χ4v) is 1.91. The molecule has 0 saturated carbocycles. The van der Waals surface area contributed by atoms with E-state index in [0.717, 1.165) is 29.9 Å². The van der Waals surface area contributed by atoms with Crippen LogP contribution in [0, 0.1) is 5.92 Å². The van der Waals surface area contributed by atoms with E-state index in [2.05, 4.69) is 13.8 Å². The quantitative estimate of drug-likeness (QED) is 0.850. The summed E-state index contributed by atoms with van der Waals surface area (Å²) in [5.74, 6) is 2.33. The molecule has 2 N–H and O–H groups in total. The van der Waals surface area contributed by atoms with E-state index < -0.39 is 0 Å². The minimum absolute atomic E-state index is 0.0408. The van der Waals surface area contributed by atoms with Gasteiger partial charge in [-0.05, 0) is 24.8 Å². The van der Waals surface area contributed by atoms with Gasteiger partial charge in [0.15, 0.2) is 11.5 Å². The normalized spacial score (nSPS) is 15.5. The van der Waals surface area contributed by atoms with Gasteiger partial charge in [0, 0.05) is 11.6 Å². The first-order valence-electron chi connectivity index (χ1n) is 5.82. The SMILES string of the molecule is CC(C)CC[C@H](N)c1cccc2c1OCO2. The van der Waals surface area contributed by atoms with Crippen LogP contribution in [0.4, 0.5) is 0 Å². The Bertz CT molecular complexity index is 363. The van der Waals surface area contributed by atoms with E-state index in [4.69, 9.17) is 15.2 Å². The summed E-state index contributed by atoms with van der Waals surface area (Å²) in [5.41, 5.74) is 7.25. The number of rotatable bonds is 4. The minimum Gasteiger partial charge on any atom is -0.454 e. The van der Waals surface area contributed by atoms with Gasteiger partial charge in [-0.2, -0.15) is 0 Å². The number of nitrogens with two attached hydrogens (primary N) is 1. The Balaban J connectivity index is 2.11. The van der Waals surface area contributed by atoms with Crippen molar-refractivity contribution in [1.82, 2.24) is 0 Å². The predicted molar refractivity (Wildman–Crippen MR) is 63.6 cm³/mol. The Hall–Kier alpha value is -1.22. The monoisotopic (exact) mass is 221 g/mol. The predicted octanol–water partition coefficient (Wildman–Crippen LogP) is 2.85. The minimum atomic E-state index is 0.0408.